The molecule has 31 heavy (non-hydrogen) atoms. The highest BCUT2D eigenvalue weighted by Gasteiger charge is 2.26. The number of hydrogen-bond donors (Lipinski definition) is 3. The summed E-state index contributed by atoms with van der Waals surface area (Å²) >= 11 is 0. The van der Waals surface area contributed by atoms with E-state index in [-0.39, 0.29) is 12.1 Å². The van der Waals surface area contributed by atoms with Gasteiger partial charge in [-0.05, 0) is 75.5 Å². The van der Waals surface area contributed by atoms with Crippen LogP contribution in [0.15, 0.2) is 41.0 Å². The van der Waals surface area contributed by atoms with Crippen LogP contribution >= 0.6 is 0 Å². The number of nitrogens with zero attached hydrogens (tertiary/aromatic N) is 2. The molecule has 166 valence electrons. The Kier molecular flexibility index (Phi) is 6.76. The number of primary amides is 1. The third-order valence-electron chi connectivity index (χ3n) is 6.14. The molecule has 2 aliphatic heterocycles. The molecule has 3 heterocycles. The molecule has 8 nitrogen and oxygen atoms in total. The molecule has 1 atom stereocenters. The Bertz CT molecular complexity index is 887. The summed E-state index contributed by atoms with van der Waals surface area (Å²) in [6.07, 6.45) is 7.42. The van der Waals surface area contributed by atoms with Crippen LogP contribution in [0.3, 0.4) is 0 Å². The molecule has 0 saturated carbocycles. The lowest BCUT2D eigenvalue weighted by Crippen LogP contribution is -2.39. The van der Waals surface area contributed by atoms with Crippen molar-refractivity contribution in [1.82, 2.24) is 10.2 Å². The molecular formula is C23H31N5O3. The van der Waals surface area contributed by atoms with Crippen LogP contribution < -0.4 is 21.3 Å². The van der Waals surface area contributed by atoms with Crippen LogP contribution in [-0.4, -0.2) is 49.6 Å². The number of rotatable bonds is 7. The van der Waals surface area contributed by atoms with Crippen molar-refractivity contribution >= 4 is 23.3 Å². The van der Waals surface area contributed by atoms with Crippen molar-refractivity contribution in [2.75, 3.05) is 42.9 Å². The third kappa shape index (κ3) is 5.19. The SMILES string of the molecule is NC(=O)c1ccc(N2CCCCC2)c(NC(=O)NCC(c2ccco2)N2CCCC2)c1. The molecule has 8 heteroatoms. The number of carbonyl (C=O) groups excluding carboxylic acids is 2. The van der Waals surface area contributed by atoms with Crippen LogP contribution in [0.5, 0.6) is 0 Å². The molecule has 3 amide bonds. The first kappa shape index (κ1) is 21.2. The van der Waals surface area contributed by atoms with Crippen molar-refractivity contribution < 1.29 is 14.0 Å². The van der Waals surface area contributed by atoms with Crippen molar-refractivity contribution in [1.29, 1.82) is 0 Å². The minimum Gasteiger partial charge on any atom is -0.468 e. The van der Waals surface area contributed by atoms with E-state index in [1.165, 1.54) is 6.42 Å². The summed E-state index contributed by atoms with van der Waals surface area (Å²) in [5, 5.41) is 5.93. The summed E-state index contributed by atoms with van der Waals surface area (Å²) in [4.78, 5) is 29.1. The van der Waals surface area contributed by atoms with Crippen LogP contribution in [0.4, 0.5) is 16.2 Å². The van der Waals surface area contributed by atoms with Crippen molar-refractivity contribution in [2.24, 2.45) is 5.73 Å². The molecular weight excluding hydrogens is 394 g/mol. The number of hydrogen-bond acceptors (Lipinski definition) is 5. The largest absolute Gasteiger partial charge is 0.468 e. The van der Waals surface area contributed by atoms with Gasteiger partial charge in [0.15, 0.2) is 0 Å². The summed E-state index contributed by atoms with van der Waals surface area (Å²) in [7, 11) is 0. The van der Waals surface area contributed by atoms with Gasteiger partial charge >= 0.3 is 6.03 Å². The van der Waals surface area contributed by atoms with Gasteiger partial charge in [0.1, 0.15) is 5.76 Å². The second kappa shape index (κ2) is 9.87. The fourth-order valence-corrected chi connectivity index (χ4v) is 4.50. The van der Waals surface area contributed by atoms with Crippen molar-refractivity contribution in [3.8, 4) is 0 Å². The lowest BCUT2D eigenvalue weighted by Gasteiger charge is -2.31. The normalized spacial score (nSPS) is 18.0. The monoisotopic (exact) mass is 425 g/mol. The van der Waals surface area contributed by atoms with Crippen LogP contribution in [-0.2, 0) is 0 Å². The van der Waals surface area contributed by atoms with E-state index in [1.54, 1.807) is 18.4 Å². The lowest BCUT2D eigenvalue weighted by atomic mass is 10.1. The minimum absolute atomic E-state index is 0.00164. The van der Waals surface area contributed by atoms with Crippen LogP contribution in [0.25, 0.3) is 0 Å². The molecule has 2 aliphatic rings. The van der Waals surface area contributed by atoms with Gasteiger partial charge in [0.2, 0.25) is 5.91 Å². The molecule has 2 saturated heterocycles. The highest BCUT2D eigenvalue weighted by molar-refractivity contribution is 5.98. The van der Waals surface area contributed by atoms with Gasteiger partial charge in [-0.25, -0.2) is 4.79 Å². The molecule has 1 aromatic heterocycles. The van der Waals surface area contributed by atoms with Gasteiger partial charge in [-0.15, -0.1) is 0 Å². The summed E-state index contributed by atoms with van der Waals surface area (Å²) in [6, 6.07) is 8.77. The predicted octanol–water partition coefficient (Wildman–Crippen LogP) is 3.33. The third-order valence-corrected chi connectivity index (χ3v) is 6.14. The fraction of sp³-hybridized carbons (Fsp3) is 0.478. The fourth-order valence-electron chi connectivity index (χ4n) is 4.50. The first-order valence-corrected chi connectivity index (χ1v) is 11.1. The molecule has 0 radical (unpaired) electrons. The van der Waals surface area contributed by atoms with Crippen LogP contribution in [0.1, 0.15) is 54.3 Å². The number of anilines is 2. The van der Waals surface area contributed by atoms with E-state index in [9.17, 15) is 9.59 Å². The number of likely N-dealkylation sites (tertiary alicyclic amines) is 1. The summed E-state index contributed by atoms with van der Waals surface area (Å²) in [5.41, 5.74) is 7.37. The van der Waals surface area contributed by atoms with E-state index in [4.69, 9.17) is 10.2 Å². The highest BCUT2D eigenvalue weighted by Crippen LogP contribution is 2.30. The van der Waals surface area contributed by atoms with E-state index in [0.29, 0.717) is 17.8 Å². The molecule has 2 aromatic rings. The number of urea groups is 1. The van der Waals surface area contributed by atoms with Gasteiger partial charge in [0.05, 0.1) is 23.7 Å². The van der Waals surface area contributed by atoms with Crippen molar-refractivity contribution in [3.05, 3.63) is 47.9 Å². The Hall–Kier alpha value is -3.00. The summed E-state index contributed by atoms with van der Waals surface area (Å²) < 4.78 is 5.63. The van der Waals surface area contributed by atoms with Gasteiger partial charge in [-0.2, -0.15) is 0 Å². The Morgan fingerprint density at radius 3 is 2.45 bits per heavy atom. The maximum absolute atomic E-state index is 12.8. The maximum atomic E-state index is 12.8. The molecule has 4 N–H and O–H groups in total. The Balaban J connectivity index is 1.46. The zero-order chi connectivity index (χ0) is 21.6. The van der Waals surface area contributed by atoms with E-state index < -0.39 is 5.91 Å². The first-order valence-electron chi connectivity index (χ1n) is 11.1. The Morgan fingerprint density at radius 1 is 1.03 bits per heavy atom. The number of amides is 3. The zero-order valence-electron chi connectivity index (χ0n) is 17.8. The molecule has 0 spiro atoms. The number of benzene rings is 1. The first-order chi connectivity index (χ1) is 15.1. The second-order valence-corrected chi connectivity index (χ2v) is 8.25. The molecule has 0 aliphatic carbocycles. The number of carbonyl (C=O) groups is 2. The number of furan rings is 1. The zero-order valence-corrected chi connectivity index (χ0v) is 17.8. The van der Waals surface area contributed by atoms with Gasteiger partial charge < -0.3 is 25.7 Å². The van der Waals surface area contributed by atoms with E-state index >= 15 is 0 Å². The van der Waals surface area contributed by atoms with Gasteiger partial charge in [0.25, 0.3) is 0 Å². The van der Waals surface area contributed by atoms with E-state index in [1.807, 2.05) is 18.2 Å². The smallest absolute Gasteiger partial charge is 0.319 e. The number of nitrogens with two attached hydrogens (primary N) is 1. The van der Waals surface area contributed by atoms with E-state index in [0.717, 1.165) is 63.3 Å². The molecule has 1 unspecified atom stereocenters. The van der Waals surface area contributed by atoms with Crippen molar-refractivity contribution in [3.63, 3.8) is 0 Å². The maximum Gasteiger partial charge on any atom is 0.319 e. The average Bonchev–Trinajstić information content (AvgIpc) is 3.49. The Labute approximate surface area is 182 Å². The van der Waals surface area contributed by atoms with Gasteiger partial charge in [-0.3, -0.25) is 9.69 Å². The molecule has 2 fully saturated rings. The van der Waals surface area contributed by atoms with Gasteiger partial charge in [-0.1, -0.05) is 0 Å². The molecule has 4 rings (SSSR count). The standard InChI is InChI=1S/C23H31N5O3/c24-22(29)17-8-9-19(27-10-2-1-3-11-27)18(15-17)26-23(30)25-16-20(21-7-6-14-31-21)28-12-4-5-13-28/h6-9,14-15,20H,1-5,10-13,16H2,(H2,24,29)(H2,25,26,30). The summed E-state index contributed by atoms with van der Waals surface area (Å²) in [5.74, 6) is 0.340. The highest BCUT2D eigenvalue weighted by atomic mass is 16.3. The average molecular weight is 426 g/mol. The quantitative estimate of drug-likeness (QED) is 0.631. The molecule has 0 bridgehead atoms. The number of piperidine rings is 1. The van der Waals surface area contributed by atoms with Crippen LogP contribution in [0.2, 0.25) is 0 Å². The predicted molar refractivity (Wildman–Crippen MR) is 120 cm³/mol. The van der Waals surface area contributed by atoms with Crippen molar-refractivity contribution in [2.45, 2.75) is 38.1 Å². The molecule has 1 aromatic carbocycles. The topological polar surface area (TPSA) is 104 Å². The minimum atomic E-state index is -0.513. The lowest BCUT2D eigenvalue weighted by molar-refractivity contribution is 0.1000. The summed E-state index contributed by atoms with van der Waals surface area (Å²) in [6.45, 7) is 4.29. The van der Waals surface area contributed by atoms with Gasteiger partial charge in [0, 0.05) is 25.2 Å². The number of nitrogens with one attached hydrogen (secondary N) is 2. The van der Waals surface area contributed by atoms with Crippen LogP contribution in [0, 0.1) is 0 Å². The van der Waals surface area contributed by atoms with E-state index in [2.05, 4.69) is 20.4 Å². The Morgan fingerprint density at radius 2 is 1.77 bits per heavy atom. The second-order valence-electron chi connectivity index (χ2n) is 8.25.